The van der Waals surface area contributed by atoms with Crippen LogP contribution in [-0.4, -0.2) is 15.5 Å². The maximum atomic E-state index is 14.0. The first-order chi connectivity index (χ1) is 13.2. The number of nitrogens with zero attached hydrogens (tertiary/aromatic N) is 3. The van der Waals surface area contributed by atoms with Crippen LogP contribution in [0.3, 0.4) is 0 Å². The number of rotatable bonds is 3. The second kappa shape index (κ2) is 6.87. The van der Waals surface area contributed by atoms with Crippen LogP contribution in [0.1, 0.15) is 18.2 Å². The summed E-state index contributed by atoms with van der Waals surface area (Å²) in [7, 11) is 0. The zero-order chi connectivity index (χ0) is 20.2. The minimum atomic E-state index is -0.967. The lowest BCUT2D eigenvalue weighted by Gasteiger charge is -2.26. The molecular weight excluding hydrogens is 468 g/mol. The Labute approximate surface area is 180 Å². The molecule has 1 aliphatic heterocycles. The molecule has 0 saturated heterocycles. The number of amides is 1. The van der Waals surface area contributed by atoms with Gasteiger partial charge >= 0.3 is 0 Å². The summed E-state index contributed by atoms with van der Waals surface area (Å²) in [6.07, 6.45) is 2.02. The fourth-order valence-corrected chi connectivity index (χ4v) is 4.48. The van der Waals surface area contributed by atoms with Crippen LogP contribution in [0.15, 0.2) is 47.1 Å². The van der Waals surface area contributed by atoms with Gasteiger partial charge in [0.1, 0.15) is 11.4 Å². The summed E-state index contributed by atoms with van der Waals surface area (Å²) in [5.74, 6) is -0.0612. The molecule has 1 amide bonds. The lowest BCUT2D eigenvalue weighted by Crippen LogP contribution is -2.41. The fourth-order valence-electron chi connectivity index (χ4n) is 3.72. The fraction of sp³-hybridized carbons (Fsp3) is 0.200. The Kier molecular flexibility index (Phi) is 4.76. The normalized spacial score (nSPS) is 18.6. The molecule has 0 spiro atoms. The van der Waals surface area contributed by atoms with Gasteiger partial charge in [0.05, 0.1) is 16.4 Å². The van der Waals surface area contributed by atoms with Gasteiger partial charge < -0.3 is 0 Å². The molecule has 4 rings (SSSR count). The number of hydrogen-bond acceptors (Lipinski definition) is 2. The topological polar surface area (TPSA) is 38.1 Å². The number of benzene rings is 2. The van der Waals surface area contributed by atoms with E-state index < -0.39 is 5.54 Å². The molecule has 1 unspecified atom stereocenters. The van der Waals surface area contributed by atoms with Crippen molar-refractivity contribution >= 4 is 56.7 Å². The van der Waals surface area contributed by atoms with Crippen molar-refractivity contribution < 1.29 is 9.18 Å². The van der Waals surface area contributed by atoms with E-state index in [2.05, 4.69) is 20.9 Å². The van der Waals surface area contributed by atoms with Crippen LogP contribution in [0.5, 0.6) is 0 Å². The molecule has 0 fully saturated rings. The van der Waals surface area contributed by atoms with Crippen LogP contribution >= 0.6 is 39.1 Å². The second-order valence-corrected chi connectivity index (χ2v) is 8.73. The first-order valence-corrected chi connectivity index (χ1v) is 10.0. The third-order valence-electron chi connectivity index (χ3n) is 4.91. The van der Waals surface area contributed by atoms with E-state index in [1.807, 2.05) is 18.4 Å². The minimum absolute atomic E-state index is 0.180. The molecule has 144 valence electrons. The van der Waals surface area contributed by atoms with Crippen molar-refractivity contribution in [1.82, 2.24) is 9.55 Å². The van der Waals surface area contributed by atoms with Crippen molar-refractivity contribution in [3.05, 3.63) is 74.2 Å². The third-order valence-corrected chi connectivity index (χ3v) is 5.99. The van der Waals surface area contributed by atoms with Gasteiger partial charge in [0, 0.05) is 22.2 Å². The molecule has 1 aliphatic rings. The zero-order valence-corrected chi connectivity index (χ0v) is 18.1. The first kappa shape index (κ1) is 19.4. The molecule has 8 heteroatoms. The summed E-state index contributed by atoms with van der Waals surface area (Å²) in [6.45, 7) is 3.72. The van der Waals surface area contributed by atoms with E-state index in [1.165, 1.54) is 11.0 Å². The highest BCUT2D eigenvalue weighted by molar-refractivity contribution is 9.10. The van der Waals surface area contributed by atoms with Crippen molar-refractivity contribution in [3.63, 3.8) is 0 Å². The third kappa shape index (κ3) is 3.04. The van der Waals surface area contributed by atoms with Crippen molar-refractivity contribution in [2.45, 2.75) is 25.8 Å². The Balaban J connectivity index is 1.83. The van der Waals surface area contributed by atoms with E-state index in [9.17, 15) is 9.18 Å². The van der Waals surface area contributed by atoms with Crippen molar-refractivity contribution in [3.8, 4) is 0 Å². The molecule has 0 aliphatic carbocycles. The van der Waals surface area contributed by atoms with E-state index in [-0.39, 0.29) is 11.7 Å². The Morgan fingerprint density at radius 1 is 1.18 bits per heavy atom. The standard InChI is InChI=1S/C20H15BrCl2FN3O/c1-11-10-25-19-26(15-7-13(22)6-14(23)8-15)18(28)20(2,27(11)19)9-12-3-4-16(21)17(24)5-12/h3-8,10H,9H2,1-2H3. The molecule has 1 atom stereocenters. The van der Waals surface area contributed by atoms with Crippen LogP contribution in [0.2, 0.25) is 10.0 Å². The van der Waals surface area contributed by atoms with Crippen molar-refractivity contribution in [1.29, 1.82) is 0 Å². The highest BCUT2D eigenvalue weighted by Gasteiger charge is 2.49. The number of imidazole rings is 1. The molecule has 1 aromatic heterocycles. The number of carbonyl (C=O) groups excluding carboxylic acids is 1. The SMILES string of the molecule is Cc1cnc2n1C(C)(Cc1ccc(Br)c(F)c1)C(=O)N2c1cc(Cl)cc(Cl)c1. The Bertz CT molecular complexity index is 1100. The zero-order valence-electron chi connectivity index (χ0n) is 15.0. The summed E-state index contributed by atoms with van der Waals surface area (Å²) < 4.78 is 16.3. The largest absolute Gasteiger partial charge is 0.299 e. The van der Waals surface area contributed by atoms with Crippen molar-refractivity contribution in [2.24, 2.45) is 0 Å². The van der Waals surface area contributed by atoms with Crippen LogP contribution in [0.4, 0.5) is 16.0 Å². The predicted octanol–water partition coefficient (Wildman–Crippen LogP) is 6.04. The Morgan fingerprint density at radius 3 is 2.50 bits per heavy atom. The summed E-state index contributed by atoms with van der Waals surface area (Å²) in [6, 6.07) is 9.83. The van der Waals surface area contributed by atoms with Crippen molar-refractivity contribution in [2.75, 3.05) is 4.90 Å². The van der Waals surface area contributed by atoms with Gasteiger partial charge in [-0.2, -0.15) is 0 Å². The monoisotopic (exact) mass is 481 g/mol. The molecule has 28 heavy (non-hydrogen) atoms. The van der Waals surface area contributed by atoms with Gasteiger partial charge in [-0.25, -0.2) is 14.3 Å². The maximum absolute atomic E-state index is 14.0. The summed E-state index contributed by atoms with van der Waals surface area (Å²) in [5, 5.41) is 0.849. The van der Waals surface area contributed by atoms with Gasteiger partial charge in [0.15, 0.2) is 0 Å². The van der Waals surface area contributed by atoms with Gasteiger partial charge in [-0.15, -0.1) is 0 Å². The van der Waals surface area contributed by atoms with E-state index in [1.54, 1.807) is 36.5 Å². The maximum Gasteiger partial charge on any atom is 0.260 e. The second-order valence-electron chi connectivity index (χ2n) is 7.00. The van der Waals surface area contributed by atoms with Crippen LogP contribution in [-0.2, 0) is 16.8 Å². The predicted molar refractivity (Wildman–Crippen MR) is 112 cm³/mol. The molecule has 0 radical (unpaired) electrons. The highest BCUT2D eigenvalue weighted by Crippen LogP contribution is 2.43. The molecule has 4 nitrogen and oxygen atoms in total. The molecule has 0 N–H and O–H groups in total. The number of aryl methyl sites for hydroxylation is 1. The Hall–Kier alpha value is -1.89. The summed E-state index contributed by atoms with van der Waals surface area (Å²) in [5.41, 5.74) is 1.12. The summed E-state index contributed by atoms with van der Waals surface area (Å²) in [4.78, 5) is 19.5. The first-order valence-electron chi connectivity index (χ1n) is 8.50. The number of halogens is 4. The lowest BCUT2D eigenvalue weighted by molar-refractivity contribution is -0.124. The summed E-state index contributed by atoms with van der Waals surface area (Å²) >= 11 is 15.5. The van der Waals surface area contributed by atoms with Gasteiger partial charge in [-0.05, 0) is 65.7 Å². The van der Waals surface area contributed by atoms with Gasteiger partial charge in [-0.1, -0.05) is 29.3 Å². The average Bonchev–Trinajstić information content (AvgIpc) is 3.08. The van der Waals surface area contributed by atoms with Crippen LogP contribution in [0.25, 0.3) is 0 Å². The van der Waals surface area contributed by atoms with E-state index in [0.717, 1.165) is 5.69 Å². The highest BCUT2D eigenvalue weighted by atomic mass is 79.9. The number of hydrogen-bond donors (Lipinski definition) is 0. The van der Waals surface area contributed by atoms with Gasteiger partial charge in [0.25, 0.3) is 5.91 Å². The van der Waals surface area contributed by atoms with Gasteiger partial charge in [0.2, 0.25) is 5.95 Å². The quantitative estimate of drug-likeness (QED) is 0.456. The molecule has 2 heterocycles. The van der Waals surface area contributed by atoms with Crippen LogP contribution in [0, 0.1) is 12.7 Å². The molecule has 2 aromatic carbocycles. The Morgan fingerprint density at radius 2 is 1.86 bits per heavy atom. The average molecular weight is 483 g/mol. The molecule has 0 bridgehead atoms. The minimum Gasteiger partial charge on any atom is -0.299 e. The molecular formula is C20H15BrCl2FN3O. The van der Waals surface area contributed by atoms with E-state index >= 15 is 0 Å². The lowest BCUT2D eigenvalue weighted by atomic mass is 9.91. The number of anilines is 2. The number of aromatic nitrogens is 2. The van der Waals surface area contributed by atoms with E-state index in [0.29, 0.717) is 38.1 Å². The smallest absolute Gasteiger partial charge is 0.260 e. The van der Waals surface area contributed by atoms with Crippen LogP contribution < -0.4 is 4.90 Å². The molecule has 0 saturated carbocycles. The number of fused-ring (bicyclic) bond motifs is 1. The van der Waals surface area contributed by atoms with Gasteiger partial charge in [-0.3, -0.25) is 9.36 Å². The molecule has 3 aromatic rings. The van der Waals surface area contributed by atoms with E-state index in [4.69, 9.17) is 23.2 Å². The number of carbonyl (C=O) groups is 1.